The molecular formula is C15H22N2O. The minimum absolute atomic E-state index is 0.117. The average Bonchev–Trinajstić information content (AvgIpc) is 2.72. The van der Waals surface area contributed by atoms with Gasteiger partial charge in [-0.3, -0.25) is 9.80 Å². The first-order valence-electron chi connectivity index (χ1n) is 6.92. The maximum atomic E-state index is 9.79. The van der Waals surface area contributed by atoms with Gasteiger partial charge in [0.05, 0.1) is 6.10 Å². The van der Waals surface area contributed by atoms with Crippen LogP contribution in [0.2, 0.25) is 0 Å². The summed E-state index contributed by atoms with van der Waals surface area (Å²) >= 11 is 0. The van der Waals surface area contributed by atoms with Crippen molar-refractivity contribution in [2.45, 2.75) is 38.1 Å². The Labute approximate surface area is 109 Å². The fourth-order valence-electron chi connectivity index (χ4n) is 3.46. The first kappa shape index (κ1) is 12.2. The number of benzene rings is 1. The number of fused-ring (bicyclic) bond motifs is 1. The van der Waals surface area contributed by atoms with Crippen molar-refractivity contribution in [1.29, 1.82) is 0 Å². The van der Waals surface area contributed by atoms with E-state index in [9.17, 15) is 5.11 Å². The van der Waals surface area contributed by atoms with Crippen LogP contribution in [0.4, 0.5) is 0 Å². The third kappa shape index (κ3) is 2.44. The van der Waals surface area contributed by atoms with Gasteiger partial charge in [-0.05, 0) is 18.9 Å². The van der Waals surface area contributed by atoms with Crippen LogP contribution in [0.25, 0.3) is 0 Å². The Balaban J connectivity index is 1.65. The molecular weight excluding hydrogens is 224 g/mol. The van der Waals surface area contributed by atoms with Crippen molar-refractivity contribution in [2.24, 2.45) is 0 Å². The summed E-state index contributed by atoms with van der Waals surface area (Å²) in [5.74, 6) is 0. The van der Waals surface area contributed by atoms with Gasteiger partial charge in [-0.25, -0.2) is 0 Å². The normalized spacial score (nSPS) is 33.6. The molecule has 1 unspecified atom stereocenters. The van der Waals surface area contributed by atoms with Crippen LogP contribution in [-0.4, -0.2) is 52.7 Å². The molecule has 3 atom stereocenters. The molecule has 0 saturated carbocycles. The topological polar surface area (TPSA) is 26.7 Å². The summed E-state index contributed by atoms with van der Waals surface area (Å²) < 4.78 is 0. The summed E-state index contributed by atoms with van der Waals surface area (Å²) in [4.78, 5) is 5.01. The number of aliphatic hydroxyl groups excluding tert-OH is 1. The van der Waals surface area contributed by atoms with E-state index in [0.29, 0.717) is 12.1 Å². The Morgan fingerprint density at radius 1 is 1.17 bits per heavy atom. The van der Waals surface area contributed by atoms with E-state index in [2.05, 4.69) is 47.1 Å². The number of hydrogen-bond donors (Lipinski definition) is 1. The molecule has 3 nitrogen and oxygen atoms in total. The standard InChI is InChI=1S/C15H22N2O/c1-12-8-16(9-13-5-3-2-4-6-13)10-14-7-15(18)11-17(12)14/h2-6,12,14-15,18H,7-11H2,1H3/t12-,14+,15?/m1/s1. The van der Waals surface area contributed by atoms with Crippen LogP contribution in [0.15, 0.2) is 30.3 Å². The predicted octanol–water partition coefficient (Wildman–Crippen LogP) is 1.33. The van der Waals surface area contributed by atoms with Gasteiger partial charge in [-0.2, -0.15) is 0 Å². The van der Waals surface area contributed by atoms with Crippen LogP contribution in [0.5, 0.6) is 0 Å². The van der Waals surface area contributed by atoms with E-state index in [-0.39, 0.29) is 6.10 Å². The van der Waals surface area contributed by atoms with E-state index in [4.69, 9.17) is 0 Å². The number of piperazine rings is 1. The van der Waals surface area contributed by atoms with Crippen LogP contribution in [0.3, 0.4) is 0 Å². The molecule has 3 rings (SSSR count). The van der Waals surface area contributed by atoms with E-state index < -0.39 is 0 Å². The van der Waals surface area contributed by atoms with Crippen molar-refractivity contribution in [2.75, 3.05) is 19.6 Å². The highest BCUT2D eigenvalue weighted by Gasteiger charge is 2.38. The van der Waals surface area contributed by atoms with Crippen LogP contribution in [-0.2, 0) is 6.54 Å². The number of nitrogens with zero attached hydrogens (tertiary/aromatic N) is 2. The van der Waals surface area contributed by atoms with E-state index >= 15 is 0 Å². The summed E-state index contributed by atoms with van der Waals surface area (Å²) in [6.45, 7) is 6.38. The second kappa shape index (κ2) is 5.00. The van der Waals surface area contributed by atoms with Gasteiger partial charge in [0.1, 0.15) is 0 Å². The van der Waals surface area contributed by atoms with Crippen LogP contribution >= 0.6 is 0 Å². The fourth-order valence-corrected chi connectivity index (χ4v) is 3.46. The van der Waals surface area contributed by atoms with Gasteiger partial charge in [-0.15, -0.1) is 0 Å². The molecule has 18 heavy (non-hydrogen) atoms. The van der Waals surface area contributed by atoms with Crippen LogP contribution in [0.1, 0.15) is 18.9 Å². The zero-order valence-corrected chi connectivity index (χ0v) is 11.0. The lowest BCUT2D eigenvalue weighted by Gasteiger charge is -2.42. The molecule has 0 amide bonds. The van der Waals surface area contributed by atoms with Crippen molar-refractivity contribution in [3.8, 4) is 0 Å². The molecule has 2 aliphatic rings. The molecule has 1 N–H and O–H groups in total. The highest BCUT2D eigenvalue weighted by Crippen LogP contribution is 2.26. The SMILES string of the molecule is C[C@@H]1CN(Cc2ccccc2)C[C@@H]2CC(O)CN21. The van der Waals surface area contributed by atoms with Crippen molar-refractivity contribution >= 4 is 0 Å². The van der Waals surface area contributed by atoms with Gasteiger partial charge in [0.2, 0.25) is 0 Å². The molecule has 0 spiro atoms. The average molecular weight is 246 g/mol. The first-order valence-corrected chi connectivity index (χ1v) is 6.92. The van der Waals surface area contributed by atoms with Gasteiger partial charge < -0.3 is 5.11 Å². The number of rotatable bonds is 2. The van der Waals surface area contributed by atoms with Crippen molar-refractivity contribution in [3.63, 3.8) is 0 Å². The van der Waals surface area contributed by atoms with Gasteiger partial charge in [-0.1, -0.05) is 30.3 Å². The molecule has 2 fully saturated rings. The lowest BCUT2D eigenvalue weighted by molar-refractivity contribution is 0.0522. The molecule has 0 aromatic heterocycles. The second-order valence-electron chi connectivity index (χ2n) is 5.77. The molecule has 0 radical (unpaired) electrons. The zero-order valence-electron chi connectivity index (χ0n) is 11.0. The van der Waals surface area contributed by atoms with E-state index in [1.54, 1.807) is 0 Å². The van der Waals surface area contributed by atoms with Gasteiger partial charge in [0.25, 0.3) is 0 Å². The lowest BCUT2D eigenvalue weighted by atomic mass is 10.1. The minimum Gasteiger partial charge on any atom is -0.392 e. The molecule has 2 aliphatic heterocycles. The smallest absolute Gasteiger partial charge is 0.0682 e. The Morgan fingerprint density at radius 3 is 2.72 bits per heavy atom. The molecule has 1 aromatic rings. The second-order valence-corrected chi connectivity index (χ2v) is 5.77. The largest absolute Gasteiger partial charge is 0.392 e. The Hall–Kier alpha value is -0.900. The minimum atomic E-state index is -0.117. The van der Waals surface area contributed by atoms with E-state index in [0.717, 1.165) is 32.6 Å². The van der Waals surface area contributed by atoms with Crippen molar-refractivity contribution in [1.82, 2.24) is 9.80 Å². The summed E-state index contributed by atoms with van der Waals surface area (Å²) in [5.41, 5.74) is 1.39. The first-order chi connectivity index (χ1) is 8.72. The maximum absolute atomic E-state index is 9.79. The van der Waals surface area contributed by atoms with Crippen molar-refractivity contribution < 1.29 is 5.11 Å². The monoisotopic (exact) mass is 246 g/mol. The highest BCUT2D eigenvalue weighted by molar-refractivity contribution is 5.14. The molecule has 2 saturated heterocycles. The summed E-state index contributed by atoms with van der Waals surface area (Å²) in [5, 5.41) is 9.79. The van der Waals surface area contributed by atoms with Gasteiger partial charge >= 0.3 is 0 Å². The van der Waals surface area contributed by atoms with Gasteiger partial charge in [0.15, 0.2) is 0 Å². The Kier molecular flexibility index (Phi) is 3.37. The van der Waals surface area contributed by atoms with E-state index in [1.807, 2.05) is 0 Å². The van der Waals surface area contributed by atoms with Gasteiger partial charge in [0, 0.05) is 38.3 Å². The third-order valence-corrected chi connectivity index (χ3v) is 4.24. The molecule has 1 aromatic carbocycles. The zero-order chi connectivity index (χ0) is 12.5. The predicted molar refractivity (Wildman–Crippen MR) is 72.3 cm³/mol. The molecule has 2 heterocycles. The Bertz CT molecular complexity index is 395. The summed E-state index contributed by atoms with van der Waals surface area (Å²) in [6, 6.07) is 11.8. The number of hydrogen-bond acceptors (Lipinski definition) is 3. The van der Waals surface area contributed by atoms with E-state index in [1.165, 1.54) is 5.56 Å². The van der Waals surface area contributed by atoms with Crippen LogP contribution < -0.4 is 0 Å². The number of aliphatic hydroxyl groups is 1. The third-order valence-electron chi connectivity index (χ3n) is 4.24. The Morgan fingerprint density at radius 2 is 1.94 bits per heavy atom. The maximum Gasteiger partial charge on any atom is 0.0682 e. The van der Waals surface area contributed by atoms with Crippen LogP contribution in [0, 0.1) is 0 Å². The summed E-state index contributed by atoms with van der Waals surface area (Å²) in [7, 11) is 0. The molecule has 98 valence electrons. The fraction of sp³-hybridized carbons (Fsp3) is 0.600. The van der Waals surface area contributed by atoms with Crippen molar-refractivity contribution in [3.05, 3.63) is 35.9 Å². The lowest BCUT2D eigenvalue weighted by Crippen LogP contribution is -2.54. The quantitative estimate of drug-likeness (QED) is 0.853. The molecule has 0 aliphatic carbocycles. The molecule has 0 bridgehead atoms. The molecule has 3 heteroatoms. The summed E-state index contributed by atoms with van der Waals surface area (Å²) in [6.07, 6.45) is 0.824. The highest BCUT2D eigenvalue weighted by atomic mass is 16.3.